The van der Waals surface area contributed by atoms with Crippen molar-refractivity contribution in [1.82, 2.24) is 14.9 Å². The maximum atomic E-state index is 12.3. The van der Waals surface area contributed by atoms with Gasteiger partial charge >= 0.3 is 6.09 Å². The maximum absolute atomic E-state index is 12.3. The summed E-state index contributed by atoms with van der Waals surface area (Å²) < 4.78 is 39.5. The standard InChI is InChI=1S/C27H30Cl2N4O6S/c1-27(2,3)39-26(34)33-9-7-32(8-10-33)24-6-5-22(16-30-24)38-25-12-18(17-37-40(4,35)36)11-23(31-25)19-13-20(28)15-21(29)14-19/h5-6,11-16H,7-10,17H2,1-4H3. The van der Waals surface area contributed by atoms with Gasteiger partial charge in [-0.3, -0.25) is 4.18 Å². The van der Waals surface area contributed by atoms with Crippen molar-refractivity contribution < 1.29 is 26.9 Å². The summed E-state index contributed by atoms with van der Waals surface area (Å²) in [5.41, 5.74) is 1.08. The van der Waals surface area contributed by atoms with Crippen LogP contribution < -0.4 is 9.64 Å². The Morgan fingerprint density at radius 1 is 1.00 bits per heavy atom. The molecule has 1 amide bonds. The number of hydrogen-bond acceptors (Lipinski definition) is 9. The molecular formula is C27H30Cl2N4O6S. The molecule has 0 radical (unpaired) electrons. The molecule has 0 atom stereocenters. The van der Waals surface area contributed by atoms with E-state index in [1.54, 1.807) is 47.5 Å². The van der Waals surface area contributed by atoms with Crippen LogP contribution in [0.4, 0.5) is 10.6 Å². The Hall–Kier alpha value is -3.12. The molecule has 4 rings (SSSR count). The average Bonchev–Trinajstić information content (AvgIpc) is 2.86. The van der Waals surface area contributed by atoms with Crippen LogP contribution in [-0.4, -0.2) is 67.4 Å². The molecule has 13 heteroatoms. The summed E-state index contributed by atoms with van der Waals surface area (Å²) in [5, 5.41) is 0.854. The predicted octanol–water partition coefficient (Wildman–Crippen LogP) is 5.78. The zero-order chi connectivity index (χ0) is 29.1. The van der Waals surface area contributed by atoms with Crippen LogP contribution in [-0.2, 0) is 25.6 Å². The van der Waals surface area contributed by atoms with Crippen LogP contribution in [0.3, 0.4) is 0 Å². The molecular weight excluding hydrogens is 579 g/mol. The van der Waals surface area contributed by atoms with Crippen molar-refractivity contribution in [3.63, 3.8) is 0 Å². The van der Waals surface area contributed by atoms with Crippen LogP contribution in [0, 0.1) is 0 Å². The highest BCUT2D eigenvalue weighted by atomic mass is 35.5. The second kappa shape index (κ2) is 12.2. The number of carbonyl (C=O) groups excluding carboxylic acids is 1. The van der Waals surface area contributed by atoms with Gasteiger partial charge in [0.15, 0.2) is 0 Å². The number of ether oxygens (including phenoxy) is 2. The number of hydrogen-bond donors (Lipinski definition) is 0. The number of amides is 1. The van der Waals surface area contributed by atoms with Crippen molar-refractivity contribution in [2.24, 2.45) is 0 Å². The minimum atomic E-state index is -3.66. The van der Waals surface area contributed by atoms with Gasteiger partial charge in [-0.1, -0.05) is 23.2 Å². The van der Waals surface area contributed by atoms with Crippen molar-refractivity contribution in [2.75, 3.05) is 37.3 Å². The van der Waals surface area contributed by atoms with Crippen LogP contribution in [0.15, 0.2) is 48.7 Å². The van der Waals surface area contributed by atoms with E-state index in [1.165, 1.54) is 0 Å². The summed E-state index contributed by atoms with van der Waals surface area (Å²) >= 11 is 12.3. The van der Waals surface area contributed by atoms with E-state index in [1.807, 2.05) is 26.8 Å². The summed E-state index contributed by atoms with van der Waals surface area (Å²) in [7, 11) is -3.66. The Morgan fingerprint density at radius 3 is 2.25 bits per heavy atom. The summed E-state index contributed by atoms with van der Waals surface area (Å²) in [6.45, 7) is 7.61. The minimum Gasteiger partial charge on any atom is -0.444 e. The number of pyridine rings is 2. The monoisotopic (exact) mass is 608 g/mol. The number of nitrogens with zero attached hydrogens (tertiary/aromatic N) is 4. The Bertz CT molecular complexity index is 1450. The van der Waals surface area contributed by atoms with Gasteiger partial charge in [-0.15, -0.1) is 0 Å². The summed E-state index contributed by atoms with van der Waals surface area (Å²) in [5.74, 6) is 1.38. The van der Waals surface area contributed by atoms with E-state index < -0.39 is 15.7 Å². The van der Waals surface area contributed by atoms with Gasteiger partial charge < -0.3 is 19.3 Å². The van der Waals surface area contributed by atoms with E-state index in [0.29, 0.717) is 58.8 Å². The first-order valence-corrected chi connectivity index (χ1v) is 15.0. The van der Waals surface area contributed by atoms with Gasteiger partial charge in [0.25, 0.3) is 10.1 Å². The second-order valence-corrected chi connectivity index (χ2v) is 12.7. The number of piperazine rings is 1. The fourth-order valence-electron chi connectivity index (χ4n) is 3.90. The molecule has 0 N–H and O–H groups in total. The minimum absolute atomic E-state index is 0.203. The first kappa shape index (κ1) is 29.9. The van der Waals surface area contributed by atoms with Gasteiger partial charge in [-0.2, -0.15) is 8.42 Å². The zero-order valence-corrected chi connectivity index (χ0v) is 24.9. The highest BCUT2D eigenvalue weighted by molar-refractivity contribution is 7.85. The zero-order valence-electron chi connectivity index (χ0n) is 22.6. The maximum Gasteiger partial charge on any atom is 0.410 e. The molecule has 0 bridgehead atoms. The molecule has 1 saturated heterocycles. The molecule has 2 aromatic heterocycles. The highest BCUT2D eigenvalue weighted by Gasteiger charge is 2.26. The van der Waals surface area contributed by atoms with Crippen molar-refractivity contribution in [2.45, 2.75) is 33.0 Å². The molecule has 3 heterocycles. The summed E-state index contributed by atoms with van der Waals surface area (Å²) in [4.78, 5) is 25.2. The van der Waals surface area contributed by atoms with Gasteiger partial charge in [0.2, 0.25) is 5.88 Å². The van der Waals surface area contributed by atoms with E-state index in [-0.39, 0.29) is 18.6 Å². The molecule has 214 valence electrons. The first-order valence-electron chi connectivity index (χ1n) is 12.4. The topological polar surface area (TPSA) is 111 Å². The Morgan fingerprint density at radius 2 is 1.68 bits per heavy atom. The summed E-state index contributed by atoms with van der Waals surface area (Å²) in [6, 6.07) is 11.8. The number of carbonyl (C=O) groups is 1. The third-order valence-corrected chi connectivity index (χ3v) is 6.64. The van der Waals surface area contributed by atoms with Crippen molar-refractivity contribution in [3.8, 4) is 22.9 Å². The third kappa shape index (κ3) is 8.69. The third-order valence-electron chi connectivity index (χ3n) is 5.66. The van der Waals surface area contributed by atoms with Crippen LogP contribution in [0.1, 0.15) is 26.3 Å². The molecule has 1 aromatic carbocycles. The molecule has 0 spiro atoms. The lowest BCUT2D eigenvalue weighted by Crippen LogP contribution is -2.50. The molecule has 0 unspecified atom stereocenters. The van der Waals surface area contributed by atoms with E-state index in [2.05, 4.69) is 14.9 Å². The number of rotatable bonds is 7. The highest BCUT2D eigenvalue weighted by Crippen LogP contribution is 2.30. The average molecular weight is 610 g/mol. The fourth-order valence-corrected chi connectivity index (χ4v) is 4.78. The number of aromatic nitrogens is 2. The Labute approximate surface area is 243 Å². The fraction of sp³-hybridized carbons (Fsp3) is 0.370. The van der Waals surface area contributed by atoms with Crippen LogP contribution in [0.5, 0.6) is 11.6 Å². The van der Waals surface area contributed by atoms with Gasteiger partial charge in [0, 0.05) is 47.9 Å². The Balaban J connectivity index is 1.48. The molecule has 3 aromatic rings. The molecule has 10 nitrogen and oxygen atoms in total. The molecule has 1 fully saturated rings. The quantitative estimate of drug-likeness (QED) is 0.308. The molecule has 40 heavy (non-hydrogen) atoms. The number of anilines is 1. The van der Waals surface area contributed by atoms with E-state index in [4.69, 9.17) is 36.9 Å². The lowest BCUT2D eigenvalue weighted by molar-refractivity contribution is 0.0240. The van der Waals surface area contributed by atoms with E-state index >= 15 is 0 Å². The van der Waals surface area contributed by atoms with Gasteiger partial charge in [-0.05, 0) is 62.7 Å². The van der Waals surface area contributed by atoms with Crippen molar-refractivity contribution >= 4 is 45.2 Å². The Kier molecular flexibility index (Phi) is 9.09. The molecule has 1 aliphatic rings. The van der Waals surface area contributed by atoms with Crippen LogP contribution >= 0.6 is 23.2 Å². The second-order valence-electron chi connectivity index (χ2n) is 10.2. The normalized spacial score (nSPS) is 14.2. The lowest BCUT2D eigenvalue weighted by atomic mass is 10.1. The molecule has 0 saturated carbocycles. The predicted molar refractivity (Wildman–Crippen MR) is 154 cm³/mol. The smallest absolute Gasteiger partial charge is 0.410 e. The van der Waals surface area contributed by atoms with E-state index in [9.17, 15) is 13.2 Å². The van der Waals surface area contributed by atoms with Crippen LogP contribution in [0.25, 0.3) is 11.3 Å². The van der Waals surface area contributed by atoms with Gasteiger partial charge in [0.05, 0.1) is 24.8 Å². The van der Waals surface area contributed by atoms with Crippen molar-refractivity contribution in [3.05, 3.63) is 64.3 Å². The van der Waals surface area contributed by atoms with Crippen molar-refractivity contribution in [1.29, 1.82) is 0 Å². The van der Waals surface area contributed by atoms with Crippen LogP contribution in [0.2, 0.25) is 10.0 Å². The largest absolute Gasteiger partial charge is 0.444 e. The molecule has 1 aliphatic heterocycles. The first-order chi connectivity index (χ1) is 18.7. The number of halogens is 2. The van der Waals surface area contributed by atoms with Gasteiger partial charge in [0.1, 0.15) is 17.2 Å². The van der Waals surface area contributed by atoms with Gasteiger partial charge in [-0.25, -0.2) is 14.8 Å². The SMILES string of the molecule is CC(C)(C)OC(=O)N1CCN(c2ccc(Oc3cc(COS(C)(=O)=O)cc(-c4cc(Cl)cc(Cl)c4)n3)cn2)CC1. The van der Waals surface area contributed by atoms with E-state index in [0.717, 1.165) is 12.1 Å². The number of benzene rings is 1. The lowest BCUT2D eigenvalue weighted by Gasteiger charge is -2.36. The summed E-state index contributed by atoms with van der Waals surface area (Å²) in [6.07, 6.45) is 2.24. The molecule has 0 aliphatic carbocycles.